The Bertz CT molecular complexity index is 407. The summed E-state index contributed by atoms with van der Waals surface area (Å²) < 4.78 is 0. The van der Waals surface area contributed by atoms with Gasteiger partial charge >= 0.3 is 0 Å². The van der Waals surface area contributed by atoms with E-state index in [1.807, 2.05) is 25.1 Å². The maximum atomic E-state index is 10.8. The van der Waals surface area contributed by atoms with Gasteiger partial charge in [-0.1, -0.05) is 6.08 Å². The van der Waals surface area contributed by atoms with E-state index in [-0.39, 0.29) is 0 Å². The van der Waals surface area contributed by atoms with Gasteiger partial charge in [0, 0.05) is 23.8 Å². The molecule has 2 nitrogen and oxygen atoms in total. The standard InChI is InChI=1S/C14H17NO/c1-3-8-15(13-6-7-13)14-5-4-12(10-16)11(2)9-14/h3-5,9-10,13H,1,6-8H2,2H3. The quantitative estimate of drug-likeness (QED) is 0.556. The molecule has 0 aliphatic heterocycles. The minimum absolute atomic E-state index is 0.666. The first-order chi connectivity index (χ1) is 7.76. The van der Waals surface area contributed by atoms with Crippen molar-refractivity contribution in [3.05, 3.63) is 42.0 Å². The van der Waals surface area contributed by atoms with E-state index in [1.165, 1.54) is 18.5 Å². The number of carbonyl (C=O) groups is 1. The first-order valence-corrected chi connectivity index (χ1v) is 5.69. The number of nitrogens with zero attached hydrogens (tertiary/aromatic N) is 1. The summed E-state index contributed by atoms with van der Waals surface area (Å²) in [5, 5.41) is 0. The van der Waals surface area contributed by atoms with E-state index < -0.39 is 0 Å². The molecule has 0 bridgehead atoms. The van der Waals surface area contributed by atoms with Crippen LogP contribution in [0.1, 0.15) is 28.8 Å². The fourth-order valence-corrected chi connectivity index (χ4v) is 1.96. The van der Waals surface area contributed by atoms with E-state index in [4.69, 9.17) is 0 Å². The summed E-state index contributed by atoms with van der Waals surface area (Å²) in [6.07, 6.45) is 5.38. The fourth-order valence-electron chi connectivity index (χ4n) is 1.96. The van der Waals surface area contributed by atoms with Gasteiger partial charge in [0.1, 0.15) is 6.29 Å². The van der Waals surface area contributed by atoms with E-state index in [2.05, 4.69) is 17.5 Å². The predicted octanol–water partition coefficient (Wildman–Crippen LogP) is 2.96. The van der Waals surface area contributed by atoms with Gasteiger partial charge < -0.3 is 4.90 Å². The van der Waals surface area contributed by atoms with Crippen LogP contribution in [0.15, 0.2) is 30.9 Å². The van der Waals surface area contributed by atoms with E-state index in [1.54, 1.807) is 0 Å². The Kier molecular flexibility index (Phi) is 3.09. The zero-order valence-corrected chi connectivity index (χ0v) is 9.65. The molecule has 2 heteroatoms. The molecule has 0 radical (unpaired) electrons. The van der Waals surface area contributed by atoms with Gasteiger partial charge in [-0.2, -0.15) is 0 Å². The molecule has 84 valence electrons. The van der Waals surface area contributed by atoms with Crippen molar-refractivity contribution in [2.45, 2.75) is 25.8 Å². The zero-order chi connectivity index (χ0) is 11.5. The summed E-state index contributed by atoms with van der Waals surface area (Å²) in [4.78, 5) is 13.1. The van der Waals surface area contributed by atoms with Crippen LogP contribution in [0, 0.1) is 6.92 Å². The van der Waals surface area contributed by atoms with Crippen LogP contribution in [0.4, 0.5) is 5.69 Å². The Labute approximate surface area is 96.6 Å². The highest BCUT2D eigenvalue weighted by molar-refractivity contribution is 5.78. The Balaban J connectivity index is 2.26. The van der Waals surface area contributed by atoms with Crippen molar-refractivity contribution in [2.24, 2.45) is 0 Å². The number of aldehydes is 1. The molecular weight excluding hydrogens is 198 g/mol. The largest absolute Gasteiger partial charge is 0.365 e. The minimum atomic E-state index is 0.666. The van der Waals surface area contributed by atoms with E-state index in [0.717, 1.165) is 24.0 Å². The average molecular weight is 215 g/mol. The van der Waals surface area contributed by atoms with Gasteiger partial charge in [-0.25, -0.2) is 0 Å². The number of benzene rings is 1. The van der Waals surface area contributed by atoms with Gasteiger partial charge in [0.05, 0.1) is 0 Å². The molecule has 2 rings (SSSR count). The molecule has 0 N–H and O–H groups in total. The minimum Gasteiger partial charge on any atom is -0.365 e. The summed E-state index contributed by atoms with van der Waals surface area (Å²) in [6.45, 7) is 6.65. The van der Waals surface area contributed by atoms with Crippen molar-refractivity contribution in [3.63, 3.8) is 0 Å². The van der Waals surface area contributed by atoms with Crippen molar-refractivity contribution in [1.82, 2.24) is 0 Å². The van der Waals surface area contributed by atoms with E-state index >= 15 is 0 Å². The lowest BCUT2D eigenvalue weighted by Crippen LogP contribution is -2.25. The number of hydrogen-bond donors (Lipinski definition) is 0. The second-order valence-corrected chi connectivity index (χ2v) is 4.33. The molecule has 1 aromatic rings. The van der Waals surface area contributed by atoms with Crippen LogP contribution in [0.3, 0.4) is 0 Å². The van der Waals surface area contributed by atoms with E-state index in [0.29, 0.717) is 6.04 Å². The monoisotopic (exact) mass is 215 g/mol. The molecule has 0 spiro atoms. The molecule has 1 aliphatic carbocycles. The van der Waals surface area contributed by atoms with Crippen LogP contribution in [0.5, 0.6) is 0 Å². The summed E-state index contributed by atoms with van der Waals surface area (Å²) in [7, 11) is 0. The molecule has 1 saturated carbocycles. The van der Waals surface area contributed by atoms with Crippen molar-refractivity contribution >= 4 is 12.0 Å². The smallest absolute Gasteiger partial charge is 0.150 e. The van der Waals surface area contributed by atoms with Gasteiger partial charge in [-0.3, -0.25) is 4.79 Å². The Morgan fingerprint density at radius 2 is 2.25 bits per heavy atom. The average Bonchev–Trinajstić information content (AvgIpc) is 3.09. The van der Waals surface area contributed by atoms with Gasteiger partial charge in [-0.05, 0) is 43.5 Å². The zero-order valence-electron chi connectivity index (χ0n) is 9.65. The van der Waals surface area contributed by atoms with Gasteiger partial charge in [0.15, 0.2) is 0 Å². The number of carbonyl (C=O) groups excluding carboxylic acids is 1. The second kappa shape index (κ2) is 4.52. The van der Waals surface area contributed by atoms with Crippen LogP contribution < -0.4 is 4.90 Å². The van der Waals surface area contributed by atoms with Gasteiger partial charge in [0.2, 0.25) is 0 Å². The first kappa shape index (κ1) is 10.9. The van der Waals surface area contributed by atoms with Crippen LogP contribution in [-0.2, 0) is 0 Å². The summed E-state index contributed by atoms with van der Waals surface area (Å²) in [6, 6.07) is 6.68. The molecule has 0 saturated heterocycles. The van der Waals surface area contributed by atoms with Crippen LogP contribution in [0.2, 0.25) is 0 Å². The molecule has 1 aromatic carbocycles. The molecule has 1 aliphatic rings. The lowest BCUT2D eigenvalue weighted by molar-refractivity contribution is 0.112. The maximum absolute atomic E-state index is 10.8. The summed E-state index contributed by atoms with van der Waals surface area (Å²) in [5.74, 6) is 0. The highest BCUT2D eigenvalue weighted by Gasteiger charge is 2.28. The Morgan fingerprint density at radius 1 is 1.50 bits per heavy atom. The number of aryl methyl sites for hydroxylation is 1. The van der Waals surface area contributed by atoms with Crippen molar-refractivity contribution < 1.29 is 4.79 Å². The molecule has 1 fully saturated rings. The Hall–Kier alpha value is -1.57. The predicted molar refractivity (Wildman–Crippen MR) is 67.1 cm³/mol. The van der Waals surface area contributed by atoms with Crippen molar-refractivity contribution in [1.29, 1.82) is 0 Å². The lowest BCUT2D eigenvalue weighted by Gasteiger charge is -2.23. The first-order valence-electron chi connectivity index (χ1n) is 5.69. The second-order valence-electron chi connectivity index (χ2n) is 4.33. The number of anilines is 1. The Morgan fingerprint density at radius 3 is 2.75 bits per heavy atom. The van der Waals surface area contributed by atoms with E-state index in [9.17, 15) is 4.79 Å². The molecule has 0 aromatic heterocycles. The van der Waals surface area contributed by atoms with Gasteiger partial charge in [0.25, 0.3) is 0 Å². The molecule has 0 unspecified atom stereocenters. The van der Waals surface area contributed by atoms with Crippen molar-refractivity contribution in [3.8, 4) is 0 Å². The normalized spacial score (nSPS) is 14.6. The number of hydrogen-bond acceptors (Lipinski definition) is 2. The molecule has 0 amide bonds. The molecule has 0 heterocycles. The topological polar surface area (TPSA) is 20.3 Å². The third-order valence-corrected chi connectivity index (χ3v) is 3.03. The van der Waals surface area contributed by atoms with Crippen LogP contribution in [0.25, 0.3) is 0 Å². The molecule has 0 atom stereocenters. The lowest BCUT2D eigenvalue weighted by atomic mass is 10.1. The summed E-state index contributed by atoms with van der Waals surface area (Å²) >= 11 is 0. The van der Waals surface area contributed by atoms with Crippen LogP contribution >= 0.6 is 0 Å². The third kappa shape index (κ3) is 2.16. The SMILES string of the molecule is C=CCN(c1ccc(C=O)c(C)c1)C1CC1. The highest BCUT2D eigenvalue weighted by atomic mass is 16.1. The number of rotatable bonds is 5. The third-order valence-electron chi connectivity index (χ3n) is 3.03. The molecular formula is C14H17NO. The van der Waals surface area contributed by atoms with Crippen molar-refractivity contribution in [2.75, 3.05) is 11.4 Å². The highest BCUT2D eigenvalue weighted by Crippen LogP contribution is 2.32. The molecule has 16 heavy (non-hydrogen) atoms. The summed E-state index contributed by atoms with van der Waals surface area (Å²) in [5.41, 5.74) is 3.02. The fraction of sp³-hybridized carbons (Fsp3) is 0.357. The maximum Gasteiger partial charge on any atom is 0.150 e. The van der Waals surface area contributed by atoms with Gasteiger partial charge in [-0.15, -0.1) is 6.58 Å². The van der Waals surface area contributed by atoms with Crippen LogP contribution in [-0.4, -0.2) is 18.9 Å².